The number of fused-ring (bicyclic) bond motifs is 1. The van der Waals surface area contributed by atoms with Gasteiger partial charge in [0.05, 0.1) is 0 Å². The van der Waals surface area contributed by atoms with Crippen LogP contribution in [-0.4, -0.2) is 42.5 Å². The maximum absolute atomic E-state index is 11.1. The van der Waals surface area contributed by atoms with Gasteiger partial charge < -0.3 is 0 Å². The maximum Gasteiger partial charge on any atom is 0.295 e. The van der Waals surface area contributed by atoms with Gasteiger partial charge in [0.1, 0.15) is 4.90 Å². The largest absolute Gasteiger partial charge is 0.295 e. The molecule has 79 valence electrons. The van der Waals surface area contributed by atoms with Gasteiger partial charge in [-0.05, 0) is 40.1 Å². The number of hydrogen-bond donors (Lipinski definition) is 1. The molecule has 0 bridgehead atoms. The van der Waals surface area contributed by atoms with Gasteiger partial charge in [0.25, 0.3) is 10.1 Å². The first kappa shape index (κ1) is 14.4. The predicted molar refractivity (Wildman–Crippen MR) is 72.2 cm³/mol. The standard InChI is InChI=1S/C10H7IO3S.Na/c11-9-5-6-10(15(12,13)14)8-4-2-1-3-7(8)9;/h1-6H,(H,12,13,14);. The Morgan fingerprint density at radius 1 is 1.00 bits per heavy atom. The molecule has 0 aromatic heterocycles. The minimum absolute atomic E-state index is 0. The van der Waals surface area contributed by atoms with Crippen LogP contribution in [0.15, 0.2) is 41.3 Å². The molecule has 0 aliphatic carbocycles. The van der Waals surface area contributed by atoms with E-state index in [0.29, 0.717) is 5.39 Å². The van der Waals surface area contributed by atoms with E-state index in [2.05, 4.69) is 22.6 Å². The summed E-state index contributed by atoms with van der Waals surface area (Å²) in [6, 6.07) is 10.2. The maximum atomic E-state index is 11.1. The number of hydrogen-bond acceptors (Lipinski definition) is 2. The zero-order valence-electron chi connectivity index (χ0n) is 8.51. The summed E-state index contributed by atoms with van der Waals surface area (Å²) in [5.74, 6) is 0. The van der Waals surface area contributed by atoms with Crippen molar-refractivity contribution in [2.75, 3.05) is 0 Å². The molecule has 0 amide bonds. The van der Waals surface area contributed by atoms with Crippen molar-refractivity contribution in [3.63, 3.8) is 0 Å². The van der Waals surface area contributed by atoms with Gasteiger partial charge in [0, 0.05) is 38.5 Å². The molecular formula is C10H7INaO3S. The summed E-state index contributed by atoms with van der Waals surface area (Å²) in [4.78, 5) is -0.0430. The Labute approximate surface area is 129 Å². The first-order valence-electron chi connectivity index (χ1n) is 4.15. The van der Waals surface area contributed by atoms with Gasteiger partial charge in [-0.1, -0.05) is 24.3 Å². The average Bonchev–Trinajstić information content (AvgIpc) is 2.17. The summed E-state index contributed by atoms with van der Waals surface area (Å²) in [5, 5.41) is 1.38. The number of rotatable bonds is 1. The van der Waals surface area contributed by atoms with Gasteiger partial charge >= 0.3 is 0 Å². The molecule has 0 saturated heterocycles. The zero-order valence-corrected chi connectivity index (χ0v) is 13.5. The van der Waals surface area contributed by atoms with Gasteiger partial charge in [0.2, 0.25) is 0 Å². The minimum atomic E-state index is -4.15. The Morgan fingerprint density at radius 2 is 1.56 bits per heavy atom. The van der Waals surface area contributed by atoms with Gasteiger partial charge in [-0.25, -0.2) is 0 Å². The van der Waals surface area contributed by atoms with Crippen LogP contribution < -0.4 is 0 Å². The molecular weight excluding hydrogens is 350 g/mol. The van der Waals surface area contributed by atoms with Crippen molar-refractivity contribution in [2.24, 2.45) is 0 Å². The van der Waals surface area contributed by atoms with Crippen molar-refractivity contribution in [1.29, 1.82) is 0 Å². The third-order valence-corrected chi connectivity index (χ3v) is 3.96. The topological polar surface area (TPSA) is 54.4 Å². The van der Waals surface area contributed by atoms with Crippen LogP contribution >= 0.6 is 22.6 Å². The van der Waals surface area contributed by atoms with E-state index < -0.39 is 10.1 Å². The molecule has 0 fully saturated rings. The molecule has 0 unspecified atom stereocenters. The molecule has 2 rings (SSSR count). The van der Waals surface area contributed by atoms with E-state index in [9.17, 15) is 8.42 Å². The number of benzene rings is 2. The fourth-order valence-corrected chi connectivity index (χ4v) is 2.81. The minimum Gasteiger partial charge on any atom is -0.282 e. The van der Waals surface area contributed by atoms with Crippen LogP contribution in [0, 0.1) is 3.57 Å². The summed E-state index contributed by atoms with van der Waals surface area (Å²) >= 11 is 2.13. The first-order valence-corrected chi connectivity index (χ1v) is 6.67. The first-order chi connectivity index (χ1) is 7.00. The monoisotopic (exact) mass is 357 g/mol. The van der Waals surface area contributed by atoms with Gasteiger partial charge in [0.15, 0.2) is 0 Å². The molecule has 2 aromatic carbocycles. The SMILES string of the molecule is O=S(=O)(O)c1ccc(I)c2ccccc12.[Na]. The summed E-state index contributed by atoms with van der Waals surface area (Å²) in [5.41, 5.74) is 0. The molecule has 6 heteroatoms. The Kier molecular flexibility index (Phi) is 4.79. The van der Waals surface area contributed by atoms with Crippen molar-refractivity contribution >= 4 is 73.0 Å². The third-order valence-electron chi connectivity index (χ3n) is 2.11. The smallest absolute Gasteiger partial charge is 0.282 e. The van der Waals surface area contributed by atoms with Crippen molar-refractivity contribution < 1.29 is 13.0 Å². The molecule has 3 nitrogen and oxygen atoms in total. The Hall–Kier alpha value is 0.340. The van der Waals surface area contributed by atoms with Crippen molar-refractivity contribution in [3.05, 3.63) is 40.0 Å². The van der Waals surface area contributed by atoms with Crippen LogP contribution in [0.2, 0.25) is 0 Å². The molecule has 0 spiro atoms. The molecule has 0 heterocycles. The van der Waals surface area contributed by atoms with E-state index in [0.717, 1.165) is 8.96 Å². The second kappa shape index (κ2) is 5.32. The summed E-state index contributed by atoms with van der Waals surface area (Å²) in [6.07, 6.45) is 0. The van der Waals surface area contributed by atoms with E-state index >= 15 is 0 Å². The molecule has 1 radical (unpaired) electrons. The van der Waals surface area contributed by atoms with Crippen molar-refractivity contribution in [2.45, 2.75) is 4.90 Å². The fourth-order valence-electron chi connectivity index (χ4n) is 1.46. The predicted octanol–water partition coefficient (Wildman–Crippen LogP) is 2.31. The van der Waals surface area contributed by atoms with E-state index in [-0.39, 0.29) is 34.5 Å². The Balaban J connectivity index is 0.00000128. The normalized spacial score (nSPS) is 11.1. The van der Waals surface area contributed by atoms with Crippen LogP contribution in [0.25, 0.3) is 10.8 Å². The molecule has 1 N–H and O–H groups in total. The third kappa shape index (κ3) is 2.77. The van der Waals surface area contributed by atoms with Gasteiger partial charge in [-0.3, -0.25) is 4.55 Å². The molecule has 2 aromatic rings. The summed E-state index contributed by atoms with van der Waals surface area (Å²) in [6.45, 7) is 0. The molecule has 0 aliphatic heterocycles. The van der Waals surface area contributed by atoms with Crippen LogP contribution in [0.3, 0.4) is 0 Å². The average molecular weight is 357 g/mol. The number of halogens is 1. The zero-order chi connectivity index (χ0) is 11.1. The van der Waals surface area contributed by atoms with Crippen molar-refractivity contribution in [1.82, 2.24) is 0 Å². The van der Waals surface area contributed by atoms with Crippen LogP contribution in [0.5, 0.6) is 0 Å². The molecule has 0 atom stereocenters. The van der Waals surface area contributed by atoms with E-state index in [1.165, 1.54) is 6.07 Å². The van der Waals surface area contributed by atoms with Gasteiger partial charge in [-0.2, -0.15) is 8.42 Å². The summed E-state index contributed by atoms with van der Waals surface area (Å²) in [7, 11) is -4.15. The molecule has 0 saturated carbocycles. The van der Waals surface area contributed by atoms with Crippen LogP contribution in [-0.2, 0) is 10.1 Å². The Morgan fingerprint density at radius 3 is 2.12 bits per heavy atom. The second-order valence-corrected chi connectivity index (χ2v) is 5.62. The molecule has 0 aliphatic rings. The Bertz CT molecular complexity index is 625. The van der Waals surface area contributed by atoms with Gasteiger partial charge in [-0.15, -0.1) is 0 Å². The van der Waals surface area contributed by atoms with Crippen molar-refractivity contribution in [3.8, 4) is 0 Å². The second-order valence-electron chi connectivity index (χ2n) is 3.07. The molecule has 16 heavy (non-hydrogen) atoms. The van der Waals surface area contributed by atoms with E-state index in [4.69, 9.17) is 4.55 Å². The fraction of sp³-hybridized carbons (Fsp3) is 0. The van der Waals surface area contributed by atoms with E-state index in [1.54, 1.807) is 18.2 Å². The van der Waals surface area contributed by atoms with Crippen LogP contribution in [0.4, 0.5) is 0 Å². The van der Waals surface area contributed by atoms with E-state index in [1.807, 2.05) is 12.1 Å². The quantitative estimate of drug-likeness (QED) is 0.484. The summed E-state index contributed by atoms with van der Waals surface area (Å²) < 4.78 is 32.2. The van der Waals surface area contributed by atoms with Crippen LogP contribution in [0.1, 0.15) is 0 Å².